The van der Waals surface area contributed by atoms with Gasteiger partial charge in [-0.3, -0.25) is 4.79 Å². The Labute approximate surface area is 131 Å². The number of nitrogens with one attached hydrogen (secondary N) is 1. The largest absolute Gasteiger partial charge is 0.461 e. The molecule has 116 valence electrons. The van der Waals surface area contributed by atoms with Crippen LogP contribution in [0.3, 0.4) is 0 Å². The molecule has 21 heavy (non-hydrogen) atoms. The average molecular weight is 311 g/mol. The number of carbonyl (C=O) groups is 1. The summed E-state index contributed by atoms with van der Waals surface area (Å²) in [7, 11) is 0. The first kappa shape index (κ1) is 17.5. The van der Waals surface area contributed by atoms with Crippen molar-refractivity contribution >= 4 is 29.3 Å². The molecular weight excluding hydrogens is 288 g/mol. The number of unbranched alkanes of at least 4 members (excludes halogenated alkanes) is 3. The number of carbonyl (C=O) groups excluding carboxylic acids is 1. The molecule has 1 aromatic carbocycles. The zero-order chi connectivity index (χ0) is 14.4. The normalized spacial score (nSPS) is 10.4. The summed E-state index contributed by atoms with van der Waals surface area (Å²) < 4.78 is 5.50. The van der Waals surface area contributed by atoms with E-state index < -0.39 is 0 Å². The maximum Gasteiger partial charge on any atom is 0.251 e. The monoisotopic (exact) mass is 310 g/mol. The molecule has 3 N–H and O–H groups in total. The Balaban J connectivity index is 0.00000220. The fraction of sp³-hybridized carbons (Fsp3) is 0.438. The molecule has 0 aliphatic rings. The molecule has 0 saturated heterocycles. The van der Waals surface area contributed by atoms with Gasteiger partial charge in [-0.1, -0.05) is 12.8 Å². The van der Waals surface area contributed by atoms with Crippen LogP contribution >= 0.6 is 12.4 Å². The minimum Gasteiger partial charge on any atom is -0.461 e. The summed E-state index contributed by atoms with van der Waals surface area (Å²) in [5.74, 6) is 0.835. The van der Waals surface area contributed by atoms with E-state index in [4.69, 9.17) is 10.2 Å². The summed E-state index contributed by atoms with van der Waals surface area (Å²) in [5.41, 5.74) is 6.94. The van der Waals surface area contributed by atoms with E-state index in [9.17, 15) is 4.79 Å². The van der Waals surface area contributed by atoms with E-state index in [1.54, 1.807) is 6.07 Å². The van der Waals surface area contributed by atoms with Crippen molar-refractivity contribution in [3.63, 3.8) is 0 Å². The molecule has 0 aliphatic carbocycles. The van der Waals surface area contributed by atoms with Crippen LogP contribution in [0.4, 0.5) is 0 Å². The van der Waals surface area contributed by atoms with Crippen LogP contribution in [0.5, 0.6) is 0 Å². The third-order valence-electron chi connectivity index (χ3n) is 3.32. The van der Waals surface area contributed by atoms with Gasteiger partial charge in [-0.15, -0.1) is 12.4 Å². The molecule has 0 radical (unpaired) electrons. The first-order valence-electron chi connectivity index (χ1n) is 7.19. The van der Waals surface area contributed by atoms with Crippen molar-refractivity contribution in [1.82, 2.24) is 5.32 Å². The Morgan fingerprint density at radius 1 is 1.19 bits per heavy atom. The summed E-state index contributed by atoms with van der Waals surface area (Å²) in [5, 5.41) is 3.92. The van der Waals surface area contributed by atoms with Crippen LogP contribution < -0.4 is 11.1 Å². The lowest BCUT2D eigenvalue weighted by atomic mass is 10.1. The molecule has 1 amide bonds. The summed E-state index contributed by atoms with van der Waals surface area (Å²) in [6, 6.07) is 7.46. The zero-order valence-electron chi connectivity index (χ0n) is 12.4. The lowest BCUT2D eigenvalue weighted by Crippen LogP contribution is -2.24. The first-order chi connectivity index (χ1) is 9.70. The number of hydrogen-bond donors (Lipinski definition) is 2. The highest BCUT2D eigenvalue weighted by Gasteiger charge is 2.07. The molecule has 0 bridgehead atoms. The quantitative estimate of drug-likeness (QED) is 0.770. The molecule has 0 spiro atoms. The van der Waals surface area contributed by atoms with Gasteiger partial charge >= 0.3 is 0 Å². The van der Waals surface area contributed by atoms with Gasteiger partial charge in [0.25, 0.3) is 5.91 Å². The maximum atomic E-state index is 12.0. The zero-order valence-corrected chi connectivity index (χ0v) is 13.2. The maximum absolute atomic E-state index is 12.0. The lowest BCUT2D eigenvalue weighted by Gasteiger charge is -2.05. The Kier molecular flexibility index (Phi) is 7.26. The second-order valence-electron chi connectivity index (χ2n) is 5.07. The van der Waals surface area contributed by atoms with Gasteiger partial charge in [0.05, 0.1) is 0 Å². The van der Waals surface area contributed by atoms with Crippen molar-refractivity contribution in [2.45, 2.75) is 32.6 Å². The number of rotatable bonds is 7. The molecule has 0 aliphatic heterocycles. The molecule has 0 saturated carbocycles. The van der Waals surface area contributed by atoms with Crippen molar-refractivity contribution in [3.05, 3.63) is 35.6 Å². The lowest BCUT2D eigenvalue weighted by molar-refractivity contribution is 0.0953. The standard InChI is InChI=1S/C16H22N2O2.ClH/c1-12-10-14-11-13(6-7-15(14)20-12)16(19)18-9-5-3-2-4-8-17;/h6-7,10-11H,2-5,8-9,17H2,1H3,(H,18,19);1H. The second kappa shape index (κ2) is 8.70. The van der Waals surface area contributed by atoms with Gasteiger partial charge in [0.15, 0.2) is 0 Å². The van der Waals surface area contributed by atoms with E-state index in [0.717, 1.165) is 49.0 Å². The highest BCUT2D eigenvalue weighted by atomic mass is 35.5. The van der Waals surface area contributed by atoms with Crippen LogP contribution in [0.1, 0.15) is 41.8 Å². The Morgan fingerprint density at radius 2 is 1.95 bits per heavy atom. The first-order valence-corrected chi connectivity index (χ1v) is 7.19. The SMILES string of the molecule is Cc1cc2cc(C(=O)NCCCCCCN)ccc2o1.Cl. The summed E-state index contributed by atoms with van der Waals surface area (Å²) in [4.78, 5) is 12.0. The minimum atomic E-state index is -0.0235. The fourth-order valence-electron chi connectivity index (χ4n) is 2.24. The smallest absolute Gasteiger partial charge is 0.251 e. The number of nitrogens with two attached hydrogens (primary N) is 1. The molecule has 5 heteroatoms. The molecule has 0 fully saturated rings. The molecule has 2 rings (SSSR count). The third-order valence-corrected chi connectivity index (χ3v) is 3.32. The van der Waals surface area contributed by atoms with Gasteiger partial charge in [0.2, 0.25) is 0 Å². The number of fused-ring (bicyclic) bond motifs is 1. The number of aryl methyl sites for hydroxylation is 1. The van der Waals surface area contributed by atoms with Crippen LogP contribution in [-0.2, 0) is 0 Å². The number of amides is 1. The number of furan rings is 1. The topological polar surface area (TPSA) is 68.3 Å². The van der Waals surface area contributed by atoms with E-state index in [0.29, 0.717) is 12.1 Å². The Morgan fingerprint density at radius 3 is 2.71 bits per heavy atom. The number of hydrogen-bond acceptors (Lipinski definition) is 3. The highest BCUT2D eigenvalue weighted by molar-refractivity contribution is 5.97. The molecule has 0 atom stereocenters. The van der Waals surface area contributed by atoms with Gasteiger partial charge < -0.3 is 15.5 Å². The van der Waals surface area contributed by atoms with Crippen molar-refractivity contribution in [2.24, 2.45) is 5.73 Å². The van der Waals surface area contributed by atoms with Gasteiger partial charge in [-0.05, 0) is 50.6 Å². The van der Waals surface area contributed by atoms with Gasteiger partial charge in [0.1, 0.15) is 11.3 Å². The molecule has 2 aromatic rings. The average Bonchev–Trinajstić information content (AvgIpc) is 2.81. The van der Waals surface area contributed by atoms with E-state index in [-0.39, 0.29) is 18.3 Å². The van der Waals surface area contributed by atoms with Gasteiger partial charge in [-0.25, -0.2) is 0 Å². The minimum absolute atomic E-state index is 0. The van der Waals surface area contributed by atoms with Gasteiger partial charge in [0, 0.05) is 17.5 Å². The molecule has 0 unspecified atom stereocenters. The van der Waals surface area contributed by atoms with Crippen LogP contribution in [0, 0.1) is 6.92 Å². The van der Waals surface area contributed by atoms with Crippen LogP contribution in [-0.4, -0.2) is 19.0 Å². The third kappa shape index (κ3) is 5.06. The molecule has 4 nitrogen and oxygen atoms in total. The van der Waals surface area contributed by atoms with Gasteiger partial charge in [-0.2, -0.15) is 0 Å². The van der Waals surface area contributed by atoms with E-state index in [2.05, 4.69) is 5.32 Å². The van der Waals surface area contributed by atoms with Crippen molar-refractivity contribution < 1.29 is 9.21 Å². The molecule has 1 heterocycles. The Hall–Kier alpha value is -1.52. The van der Waals surface area contributed by atoms with Crippen LogP contribution in [0.25, 0.3) is 11.0 Å². The number of benzene rings is 1. The molecule has 1 aromatic heterocycles. The summed E-state index contributed by atoms with van der Waals surface area (Å²) in [6.45, 7) is 3.36. The van der Waals surface area contributed by atoms with E-state index >= 15 is 0 Å². The predicted molar refractivity (Wildman–Crippen MR) is 88.1 cm³/mol. The van der Waals surface area contributed by atoms with E-state index in [1.807, 2.05) is 25.1 Å². The summed E-state index contributed by atoms with van der Waals surface area (Å²) in [6.07, 6.45) is 4.30. The van der Waals surface area contributed by atoms with Crippen LogP contribution in [0.15, 0.2) is 28.7 Å². The summed E-state index contributed by atoms with van der Waals surface area (Å²) >= 11 is 0. The fourth-order valence-corrected chi connectivity index (χ4v) is 2.24. The number of halogens is 1. The van der Waals surface area contributed by atoms with Crippen molar-refractivity contribution in [3.8, 4) is 0 Å². The molecular formula is C16H23ClN2O2. The van der Waals surface area contributed by atoms with Crippen molar-refractivity contribution in [2.75, 3.05) is 13.1 Å². The highest BCUT2D eigenvalue weighted by Crippen LogP contribution is 2.20. The Bertz CT molecular complexity index is 581. The predicted octanol–water partition coefficient (Wildman–Crippen LogP) is 3.41. The second-order valence-corrected chi connectivity index (χ2v) is 5.07. The van der Waals surface area contributed by atoms with E-state index in [1.165, 1.54) is 0 Å². The van der Waals surface area contributed by atoms with Crippen LogP contribution in [0.2, 0.25) is 0 Å². The van der Waals surface area contributed by atoms with Crippen molar-refractivity contribution in [1.29, 1.82) is 0 Å².